The number of hydrogen-bond acceptors (Lipinski definition) is 5. The Balaban J connectivity index is 1.15. The van der Waals surface area contributed by atoms with Gasteiger partial charge in [-0.2, -0.15) is 0 Å². The molecule has 0 spiro atoms. The molecule has 0 bridgehead atoms. The van der Waals surface area contributed by atoms with E-state index in [0.29, 0.717) is 27.6 Å². The van der Waals surface area contributed by atoms with Crippen molar-refractivity contribution in [3.8, 4) is 33.8 Å². The Bertz CT molecular complexity index is 2660. The SMILES string of the molecule is Cc1cc(C2(c3ccc(N4C(=O)c5ccc(-c6ccc7c(O)ccc(O)c7c6)cc5C4=O)c(C)c3)c3ccccc3-c3ccccc32)ccc1N(C)C. The van der Waals surface area contributed by atoms with E-state index >= 15 is 0 Å². The normalized spacial score (nSPS) is 14.0. The van der Waals surface area contributed by atoms with Gasteiger partial charge in [0.25, 0.3) is 11.8 Å². The third-order valence-corrected chi connectivity index (χ3v) is 11.1. The standard InChI is InChI=1S/C47H36N2O4/c1-27-23-31(15-19-41(27)48(3)4)47(39-11-7-5-9-33(39)34-10-6-8-12-40(34)47)32-16-20-42(28(2)24-32)49-45(52)36-18-14-30(26-38(36)46(49)53)29-13-17-35-37(25-29)44(51)22-21-43(35)50/h5-26,50-51H,1-4H3. The number of benzene rings is 7. The van der Waals surface area contributed by atoms with Crippen LogP contribution in [-0.2, 0) is 5.41 Å². The van der Waals surface area contributed by atoms with E-state index in [4.69, 9.17) is 0 Å². The molecule has 9 rings (SSSR count). The predicted octanol–water partition coefficient (Wildman–Crippen LogP) is 9.76. The van der Waals surface area contributed by atoms with Crippen LogP contribution in [0.25, 0.3) is 33.0 Å². The molecule has 7 aromatic rings. The fourth-order valence-electron chi connectivity index (χ4n) is 8.69. The molecule has 0 aromatic heterocycles. The highest BCUT2D eigenvalue weighted by atomic mass is 16.3. The molecule has 7 aromatic carbocycles. The Morgan fingerprint density at radius 1 is 0.528 bits per heavy atom. The molecule has 6 heteroatoms. The maximum atomic E-state index is 14.2. The van der Waals surface area contributed by atoms with Crippen LogP contribution < -0.4 is 9.80 Å². The molecule has 2 amide bonds. The predicted molar refractivity (Wildman–Crippen MR) is 211 cm³/mol. The lowest BCUT2D eigenvalue weighted by atomic mass is 9.67. The van der Waals surface area contributed by atoms with E-state index < -0.39 is 5.41 Å². The molecule has 1 aliphatic carbocycles. The minimum absolute atomic E-state index is 0.0456. The largest absolute Gasteiger partial charge is 0.507 e. The number of aromatic hydroxyl groups is 2. The van der Waals surface area contributed by atoms with Crippen LogP contribution in [0, 0.1) is 13.8 Å². The Hall–Kier alpha value is -6.66. The third kappa shape index (κ3) is 4.58. The second kappa shape index (κ2) is 11.7. The van der Waals surface area contributed by atoms with Crippen molar-refractivity contribution < 1.29 is 19.8 Å². The molecule has 2 aliphatic rings. The van der Waals surface area contributed by atoms with Crippen molar-refractivity contribution in [2.75, 3.05) is 23.9 Å². The number of anilines is 2. The van der Waals surface area contributed by atoms with Gasteiger partial charge in [-0.05, 0) is 118 Å². The van der Waals surface area contributed by atoms with Crippen LogP contribution in [0.15, 0.2) is 133 Å². The number of carbonyl (C=O) groups excluding carboxylic acids is 2. The van der Waals surface area contributed by atoms with Gasteiger partial charge < -0.3 is 15.1 Å². The molecule has 0 radical (unpaired) electrons. The van der Waals surface area contributed by atoms with Gasteiger partial charge in [0.15, 0.2) is 0 Å². The highest BCUT2D eigenvalue weighted by Crippen LogP contribution is 2.56. The average molecular weight is 693 g/mol. The van der Waals surface area contributed by atoms with Gasteiger partial charge in [-0.25, -0.2) is 4.90 Å². The topological polar surface area (TPSA) is 81.1 Å². The number of fused-ring (bicyclic) bond motifs is 5. The van der Waals surface area contributed by atoms with E-state index in [9.17, 15) is 19.8 Å². The number of phenolic OH excluding ortho intramolecular Hbond substituents is 2. The highest BCUT2D eigenvalue weighted by molar-refractivity contribution is 6.35. The van der Waals surface area contributed by atoms with E-state index in [-0.39, 0.29) is 23.3 Å². The van der Waals surface area contributed by atoms with Crippen LogP contribution in [0.2, 0.25) is 0 Å². The van der Waals surface area contributed by atoms with E-state index in [1.54, 1.807) is 24.3 Å². The zero-order valence-corrected chi connectivity index (χ0v) is 29.8. The summed E-state index contributed by atoms with van der Waals surface area (Å²) in [4.78, 5) is 31.6. The second-order valence-corrected chi connectivity index (χ2v) is 14.3. The Kier molecular flexibility index (Phi) is 7.11. The molecule has 1 heterocycles. The first-order chi connectivity index (χ1) is 25.6. The highest BCUT2D eigenvalue weighted by Gasteiger charge is 2.47. The van der Waals surface area contributed by atoms with Crippen molar-refractivity contribution in [3.63, 3.8) is 0 Å². The van der Waals surface area contributed by atoms with Crippen LogP contribution in [0.4, 0.5) is 11.4 Å². The Morgan fingerprint density at radius 3 is 1.74 bits per heavy atom. The first kappa shape index (κ1) is 32.3. The molecule has 0 saturated heterocycles. The molecule has 0 fully saturated rings. The maximum absolute atomic E-state index is 14.2. The van der Waals surface area contributed by atoms with Gasteiger partial charge in [0.05, 0.1) is 22.2 Å². The number of carbonyl (C=O) groups is 2. The van der Waals surface area contributed by atoms with Gasteiger partial charge in [0, 0.05) is 30.6 Å². The summed E-state index contributed by atoms with van der Waals surface area (Å²) in [6.07, 6.45) is 0. The molecule has 6 nitrogen and oxygen atoms in total. The molecule has 53 heavy (non-hydrogen) atoms. The van der Waals surface area contributed by atoms with Gasteiger partial charge in [-0.3, -0.25) is 9.59 Å². The summed E-state index contributed by atoms with van der Waals surface area (Å²) in [6, 6.07) is 43.5. The lowest BCUT2D eigenvalue weighted by Crippen LogP contribution is -2.31. The molecule has 1 aliphatic heterocycles. The first-order valence-electron chi connectivity index (χ1n) is 17.7. The van der Waals surface area contributed by atoms with E-state index in [0.717, 1.165) is 33.5 Å². The first-order valence-corrected chi connectivity index (χ1v) is 17.7. The number of imide groups is 1. The molecular formula is C47H36N2O4. The third-order valence-electron chi connectivity index (χ3n) is 11.1. The molecular weight excluding hydrogens is 657 g/mol. The average Bonchev–Trinajstić information content (AvgIpc) is 3.60. The number of hydrogen-bond donors (Lipinski definition) is 2. The zero-order chi connectivity index (χ0) is 36.8. The summed E-state index contributed by atoms with van der Waals surface area (Å²) < 4.78 is 0. The van der Waals surface area contributed by atoms with Crippen LogP contribution >= 0.6 is 0 Å². The summed E-state index contributed by atoms with van der Waals surface area (Å²) in [5, 5.41) is 21.8. The van der Waals surface area contributed by atoms with Gasteiger partial charge in [-0.1, -0.05) is 84.9 Å². The van der Waals surface area contributed by atoms with Crippen LogP contribution in [0.1, 0.15) is 54.1 Å². The molecule has 0 saturated carbocycles. The quantitative estimate of drug-likeness (QED) is 0.139. The van der Waals surface area contributed by atoms with Crippen molar-refractivity contribution in [2.45, 2.75) is 19.3 Å². The van der Waals surface area contributed by atoms with Crippen molar-refractivity contribution in [1.29, 1.82) is 0 Å². The minimum Gasteiger partial charge on any atom is -0.507 e. The van der Waals surface area contributed by atoms with Crippen molar-refractivity contribution >= 4 is 34.0 Å². The monoisotopic (exact) mass is 692 g/mol. The number of phenols is 2. The fourth-order valence-corrected chi connectivity index (χ4v) is 8.69. The van der Waals surface area contributed by atoms with Gasteiger partial charge in [-0.15, -0.1) is 0 Å². The molecule has 0 atom stereocenters. The van der Waals surface area contributed by atoms with E-state index in [1.807, 2.05) is 25.1 Å². The lowest BCUT2D eigenvalue weighted by Gasteiger charge is -2.35. The van der Waals surface area contributed by atoms with Crippen molar-refractivity contribution in [1.82, 2.24) is 0 Å². The zero-order valence-electron chi connectivity index (χ0n) is 29.8. The number of nitrogens with zero attached hydrogens (tertiary/aromatic N) is 2. The molecule has 0 unspecified atom stereocenters. The fraction of sp³-hybridized carbons (Fsp3) is 0.106. The van der Waals surface area contributed by atoms with E-state index in [2.05, 4.69) is 105 Å². The van der Waals surface area contributed by atoms with Crippen LogP contribution in [-0.4, -0.2) is 36.1 Å². The summed E-state index contributed by atoms with van der Waals surface area (Å²) in [6.45, 7) is 4.11. The summed E-state index contributed by atoms with van der Waals surface area (Å²) >= 11 is 0. The lowest BCUT2D eigenvalue weighted by molar-refractivity contribution is 0.0926. The number of aryl methyl sites for hydroxylation is 2. The van der Waals surface area contributed by atoms with Crippen molar-refractivity contribution in [3.05, 3.63) is 178 Å². The van der Waals surface area contributed by atoms with Crippen LogP contribution in [0.5, 0.6) is 11.5 Å². The van der Waals surface area contributed by atoms with Gasteiger partial charge in [0.1, 0.15) is 11.5 Å². The van der Waals surface area contributed by atoms with Crippen molar-refractivity contribution in [2.24, 2.45) is 0 Å². The minimum atomic E-state index is -0.631. The summed E-state index contributed by atoms with van der Waals surface area (Å²) in [5.74, 6) is -0.634. The Labute approximate surface area is 307 Å². The summed E-state index contributed by atoms with van der Waals surface area (Å²) in [7, 11) is 4.11. The maximum Gasteiger partial charge on any atom is 0.266 e. The van der Waals surface area contributed by atoms with Gasteiger partial charge in [0.2, 0.25) is 0 Å². The van der Waals surface area contributed by atoms with Crippen LogP contribution in [0.3, 0.4) is 0 Å². The second-order valence-electron chi connectivity index (χ2n) is 14.3. The van der Waals surface area contributed by atoms with E-state index in [1.165, 1.54) is 44.8 Å². The number of amides is 2. The Morgan fingerprint density at radius 2 is 1.09 bits per heavy atom. The number of rotatable bonds is 5. The smallest absolute Gasteiger partial charge is 0.266 e. The molecule has 2 N–H and O–H groups in total. The van der Waals surface area contributed by atoms with Gasteiger partial charge >= 0.3 is 0 Å². The summed E-state index contributed by atoms with van der Waals surface area (Å²) in [5.41, 5.74) is 12.1. The molecule has 258 valence electrons.